The minimum Gasteiger partial charge on any atom is -0.497 e. The van der Waals surface area contributed by atoms with E-state index in [1.54, 1.807) is 68.4 Å². The molecule has 0 atom stereocenters. The zero-order valence-corrected chi connectivity index (χ0v) is 20.1. The number of benzene rings is 2. The van der Waals surface area contributed by atoms with E-state index >= 15 is 0 Å². The lowest BCUT2D eigenvalue weighted by Crippen LogP contribution is -2.49. The minimum atomic E-state index is -0.670. The summed E-state index contributed by atoms with van der Waals surface area (Å²) in [7, 11) is 3.20. The molecule has 2 aromatic carbocycles. The molecule has 34 heavy (non-hydrogen) atoms. The molecule has 8 nitrogen and oxygen atoms in total. The van der Waals surface area contributed by atoms with Crippen molar-refractivity contribution in [3.05, 3.63) is 69.0 Å². The lowest BCUT2D eigenvalue weighted by Gasteiger charge is -2.37. The molecule has 3 aromatic rings. The Morgan fingerprint density at radius 1 is 1.03 bits per heavy atom. The number of carbonyl (C=O) groups excluding carboxylic acids is 2. The second kappa shape index (κ2) is 9.77. The molecule has 1 aliphatic rings. The Kier molecular flexibility index (Phi) is 6.79. The van der Waals surface area contributed by atoms with Crippen LogP contribution in [0.5, 0.6) is 5.75 Å². The summed E-state index contributed by atoms with van der Waals surface area (Å²) in [6, 6.07) is 12.2. The number of halogens is 1. The van der Waals surface area contributed by atoms with Gasteiger partial charge in [0.1, 0.15) is 11.3 Å². The van der Waals surface area contributed by atoms with Crippen LogP contribution in [0.4, 0.5) is 5.69 Å². The number of ether oxygens (including phenoxy) is 2. The summed E-state index contributed by atoms with van der Waals surface area (Å²) in [6.45, 7) is 3.61. The molecule has 1 aliphatic heterocycles. The number of pyridine rings is 1. The maximum Gasteiger partial charge on any atom is 0.345 e. The molecule has 2 heterocycles. The standard InChI is InChI=1S/C25H26ClN3O5/c1-4-34-25(32)21-22(19-15-17(26)7-10-20(19)27(2)24(21)31)28-11-13-29(14-12-28)23(30)16-5-8-18(33-3)9-6-16/h5-10,15H,4,11-14H2,1-3H3. The summed E-state index contributed by atoms with van der Waals surface area (Å²) in [5.74, 6) is -0.0643. The molecule has 0 spiro atoms. The molecule has 1 fully saturated rings. The molecule has 0 aliphatic carbocycles. The van der Waals surface area contributed by atoms with Gasteiger partial charge in [0.05, 0.1) is 24.9 Å². The van der Waals surface area contributed by atoms with Gasteiger partial charge >= 0.3 is 5.97 Å². The van der Waals surface area contributed by atoms with E-state index in [0.717, 1.165) is 0 Å². The summed E-state index contributed by atoms with van der Waals surface area (Å²) >= 11 is 6.29. The quantitative estimate of drug-likeness (QED) is 0.518. The third-order valence-electron chi connectivity index (χ3n) is 6.03. The van der Waals surface area contributed by atoms with E-state index in [0.29, 0.717) is 59.1 Å². The predicted octanol–water partition coefficient (Wildman–Crippen LogP) is 3.34. The van der Waals surface area contributed by atoms with Gasteiger partial charge in [-0.2, -0.15) is 0 Å². The van der Waals surface area contributed by atoms with Crippen molar-refractivity contribution < 1.29 is 19.1 Å². The molecule has 0 N–H and O–H groups in total. The van der Waals surface area contributed by atoms with Gasteiger partial charge in [0.15, 0.2) is 0 Å². The second-order valence-corrected chi connectivity index (χ2v) is 8.41. The lowest BCUT2D eigenvalue weighted by molar-refractivity contribution is 0.0523. The number of aromatic nitrogens is 1. The molecule has 1 saturated heterocycles. The first-order valence-corrected chi connectivity index (χ1v) is 11.4. The van der Waals surface area contributed by atoms with E-state index in [4.69, 9.17) is 21.1 Å². The summed E-state index contributed by atoms with van der Waals surface area (Å²) in [5, 5.41) is 1.18. The average Bonchev–Trinajstić information content (AvgIpc) is 2.85. The van der Waals surface area contributed by atoms with E-state index in [9.17, 15) is 14.4 Å². The number of piperazine rings is 1. The zero-order valence-electron chi connectivity index (χ0n) is 19.3. The van der Waals surface area contributed by atoms with E-state index < -0.39 is 11.5 Å². The van der Waals surface area contributed by atoms with Crippen molar-refractivity contribution in [2.75, 3.05) is 44.8 Å². The van der Waals surface area contributed by atoms with Gasteiger partial charge in [-0.25, -0.2) is 4.79 Å². The number of aryl methyl sites for hydroxylation is 1. The molecule has 0 unspecified atom stereocenters. The third kappa shape index (κ3) is 4.33. The first-order valence-electron chi connectivity index (χ1n) is 11.0. The lowest BCUT2D eigenvalue weighted by atomic mass is 10.1. The number of esters is 1. The topological polar surface area (TPSA) is 81.1 Å². The van der Waals surface area contributed by atoms with Crippen LogP contribution in [0.1, 0.15) is 27.6 Å². The largest absolute Gasteiger partial charge is 0.497 e. The van der Waals surface area contributed by atoms with Crippen LogP contribution in [0.2, 0.25) is 5.02 Å². The van der Waals surface area contributed by atoms with Crippen LogP contribution in [0.3, 0.4) is 0 Å². The number of rotatable bonds is 5. The Hall–Kier alpha value is -3.52. The second-order valence-electron chi connectivity index (χ2n) is 7.98. The van der Waals surface area contributed by atoms with Crippen molar-refractivity contribution in [3.63, 3.8) is 0 Å². The molecular weight excluding hydrogens is 458 g/mol. The van der Waals surface area contributed by atoms with Crippen LogP contribution in [-0.2, 0) is 11.8 Å². The highest BCUT2D eigenvalue weighted by Gasteiger charge is 2.30. The van der Waals surface area contributed by atoms with Crippen molar-refractivity contribution in [2.24, 2.45) is 7.05 Å². The van der Waals surface area contributed by atoms with Crippen LogP contribution in [0.15, 0.2) is 47.3 Å². The van der Waals surface area contributed by atoms with E-state index in [1.807, 2.05) is 4.90 Å². The summed E-state index contributed by atoms with van der Waals surface area (Å²) < 4.78 is 11.8. The van der Waals surface area contributed by atoms with Crippen molar-refractivity contribution >= 4 is 40.1 Å². The highest BCUT2D eigenvalue weighted by Crippen LogP contribution is 2.32. The van der Waals surface area contributed by atoms with Gasteiger partial charge in [-0.3, -0.25) is 9.59 Å². The van der Waals surface area contributed by atoms with Gasteiger partial charge in [-0.15, -0.1) is 0 Å². The van der Waals surface area contributed by atoms with Crippen LogP contribution >= 0.6 is 11.6 Å². The van der Waals surface area contributed by atoms with Crippen LogP contribution in [0.25, 0.3) is 10.9 Å². The zero-order chi connectivity index (χ0) is 24.4. The number of anilines is 1. The fourth-order valence-corrected chi connectivity index (χ4v) is 4.44. The summed E-state index contributed by atoms with van der Waals surface area (Å²) in [4.78, 5) is 42.7. The van der Waals surface area contributed by atoms with Crippen LogP contribution in [0, 0.1) is 0 Å². The highest BCUT2D eigenvalue weighted by molar-refractivity contribution is 6.31. The molecule has 9 heteroatoms. The van der Waals surface area contributed by atoms with Gasteiger partial charge in [0, 0.05) is 49.2 Å². The number of nitrogens with zero attached hydrogens (tertiary/aromatic N) is 3. The van der Waals surface area contributed by atoms with E-state index in [-0.39, 0.29) is 18.1 Å². The first kappa shape index (κ1) is 23.6. The monoisotopic (exact) mass is 483 g/mol. The molecule has 0 bridgehead atoms. The van der Waals surface area contributed by atoms with Crippen molar-refractivity contribution in [1.29, 1.82) is 0 Å². The third-order valence-corrected chi connectivity index (χ3v) is 6.27. The molecule has 178 valence electrons. The molecular formula is C25H26ClN3O5. The Labute approximate surface area is 202 Å². The van der Waals surface area contributed by atoms with Gasteiger partial charge < -0.3 is 23.8 Å². The smallest absolute Gasteiger partial charge is 0.345 e. The minimum absolute atomic E-state index is 0.0194. The number of methoxy groups -OCH3 is 1. The number of hydrogen-bond acceptors (Lipinski definition) is 6. The number of fused-ring (bicyclic) bond motifs is 1. The number of amides is 1. The van der Waals surface area contributed by atoms with E-state index in [2.05, 4.69) is 0 Å². The maximum atomic E-state index is 13.2. The molecule has 0 radical (unpaired) electrons. The molecule has 1 aromatic heterocycles. The van der Waals surface area contributed by atoms with Gasteiger partial charge in [0.2, 0.25) is 0 Å². The maximum absolute atomic E-state index is 13.2. The SMILES string of the molecule is CCOC(=O)c1c(N2CCN(C(=O)c3ccc(OC)cc3)CC2)c2cc(Cl)ccc2n(C)c1=O. The predicted molar refractivity (Wildman–Crippen MR) is 131 cm³/mol. The Morgan fingerprint density at radius 3 is 2.32 bits per heavy atom. The Morgan fingerprint density at radius 2 is 1.71 bits per heavy atom. The van der Waals surface area contributed by atoms with Crippen LogP contribution < -0.4 is 15.2 Å². The molecule has 1 amide bonds. The fourth-order valence-electron chi connectivity index (χ4n) is 4.27. The number of hydrogen-bond donors (Lipinski definition) is 0. The van der Waals surface area contributed by atoms with Gasteiger partial charge in [-0.1, -0.05) is 11.6 Å². The van der Waals surface area contributed by atoms with Crippen molar-refractivity contribution in [1.82, 2.24) is 9.47 Å². The summed E-state index contributed by atoms with van der Waals surface area (Å²) in [5.41, 5.74) is 1.28. The Balaban J connectivity index is 1.68. The average molecular weight is 484 g/mol. The molecule has 4 rings (SSSR count). The van der Waals surface area contributed by atoms with E-state index in [1.165, 1.54) is 4.57 Å². The van der Waals surface area contributed by atoms with Gasteiger partial charge in [-0.05, 0) is 49.4 Å². The fraction of sp³-hybridized carbons (Fsp3) is 0.320. The Bertz CT molecular complexity index is 1290. The van der Waals surface area contributed by atoms with Crippen molar-refractivity contribution in [2.45, 2.75) is 6.92 Å². The van der Waals surface area contributed by atoms with Crippen LogP contribution in [-0.4, -0.2) is 61.2 Å². The number of carbonyl (C=O) groups is 2. The molecule has 0 saturated carbocycles. The normalized spacial score (nSPS) is 13.8. The van der Waals surface area contributed by atoms with Crippen molar-refractivity contribution in [3.8, 4) is 5.75 Å². The first-order chi connectivity index (χ1) is 16.3. The highest BCUT2D eigenvalue weighted by atomic mass is 35.5. The summed E-state index contributed by atoms with van der Waals surface area (Å²) in [6.07, 6.45) is 0. The van der Waals surface area contributed by atoms with Gasteiger partial charge in [0.25, 0.3) is 11.5 Å².